The van der Waals surface area contributed by atoms with E-state index in [4.69, 9.17) is 23.2 Å². The molecule has 182 valence electrons. The molecular weight excluding hydrogens is 485 g/mol. The maximum absolute atomic E-state index is 12.7. The highest BCUT2D eigenvalue weighted by Gasteiger charge is 2.22. The number of rotatable bonds is 6. The Labute approximate surface area is 215 Å². The second-order valence-electron chi connectivity index (χ2n) is 8.26. The van der Waals surface area contributed by atoms with Crippen molar-refractivity contribution < 1.29 is 9.59 Å². The largest absolute Gasteiger partial charge is 0.375 e. The summed E-state index contributed by atoms with van der Waals surface area (Å²) in [5.41, 5.74) is 4.05. The van der Waals surface area contributed by atoms with E-state index in [-0.39, 0.29) is 18.5 Å². The standard InChI is InChI=1S/C26H27Cl2N5O2/c1-18-5-4-7-22(28)25(18)31-26(35)33-15-13-32(14-16-33)20-11-9-19(10-12-20)30-24(34)17-29-23-8-3-2-6-21(23)27/h2-12,29H,13-17H2,1H3,(H,30,34)(H,31,35). The Bertz CT molecular complexity index is 1170. The molecule has 3 aromatic carbocycles. The van der Waals surface area contributed by atoms with Crippen molar-refractivity contribution in [3.05, 3.63) is 82.3 Å². The number of benzene rings is 3. The minimum absolute atomic E-state index is 0.114. The number of hydrogen-bond donors (Lipinski definition) is 3. The molecule has 0 aromatic heterocycles. The fraction of sp³-hybridized carbons (Fsp3) is 0.231. The predicted molar refractivity (Wildman–Crippen MR) is 144 cm³/mol. The lowest BCUT2D eigenvalue weighted by Crippen LogP contribution is -2.50. The summed E-state index contributed by atoms with van der Waals surface area (Å²) in [6, 6.07) is 20.4. The molecule has 0 unspecified atom stereocenters. The Kier molecular flexibility index (Phi) is 8.00. The van der Waals surface area contributed by atoms with Crippen molar-refractivity contribution in [2.45, 2.75) is 6.92 Å². The highest BCUT2D eigenvalue weighted by Crippen LogP contribution is 2.26. The Morgan fingerprint density at radius 1 is 0.829 bits per heavy atom. The van der Waals surface area contributed by atoms with Crippen molar-refractivity contribution in [1.29, 1.82) is 0 Å². The van der Waals surface area contributed by atoms with Crippen LogP contribution >= 0.6 is 23.2 Å². The van der Waals surface area contributed by atoms with Gasteiger partial charge in [0.15, 0.2) is 0 Å². The zero-order valence-electron chi connectivity index (χ0n) is 19.4. The smallest absolute Gasteiger partial charge is 0.322 e. The number of halogens is 2. The summed E-state index contributed by atoms with van der Waals surface area (Å²) in [4.78, 5) is 29.0. The van der Waals surface area contributed by atoms with Gasteiger partial charge in [-0.25, -0.2) is 4.79 Å². The Hall–Kier alpha value is -3.42. The number of anilines is 4. The molecule has 0 saturated carbocycles. The summed E-state index contributed by atoms with van der Waals surface area (Å²) in [6.45, 7) is 4.65. The first-order valence-corrected chi connectivity index (χ1v) is 12.1. The van der Waals surface area contributed by atoms with E-state index in [2.05, 4.69) is 20.9 Å². The fourth-order valence-electron chi connectivity index (χ4n) is 3.88. The molecule has 0 bridgehead atoms. The topological polar surface area (TPSA) is 76.7 Å². The van der Waals surface area contributed by atoms with E-state index in [0.717, 1.165) is 16.9 Å². The third-order valence-corrected chi connectivity index (χ3v) is 6.49. The van der Waals surface area contributed by atoms with E-state index in [9.17, 15) is 9.59 Å². The molecule has 1 aliphatic heterocycles. The summed E-state index contributed by atoms with van der Waals surface area (Å²) in [5.74, 6) is -0.161. The van der Waals surface area contributed by atoms with Crippen LogP contribution in [0.1, 0.15) is 5.56 Å². The number of para-hydroxylation sites is 2. The van der Waals surface area contributed by atoms with Gasteiger partial charge in [0.25, 0.3) is 0 Å². The molecule has 0 aliphatic carbocycles. The Balaban J connectivity index is 1.25. The van der Waals surface area contributed by atoms with Crippen molar-refractivity contribution in [2.75, 3.05) is 53.6 Å². The molecule has 0 atom stereocenters. The summed E-state index contributed by atoms with van der Waals surface area (Å²) < 4.78 is 0. The van der Waals surface area contributed by atoms with Crippen LogP contribution in [0, 0.1) is 6.92 Å². The molecule has 9 heteroatoms. The lowest BCUT2D eigenvalue weighted by atomic mass is 10.2. The minimum atomic E-state index is -0.161. The van der Waals surface area contributed by atoms with Gasteiger partial charge < -0.3 is 25.8 Å². The summed E-state index contributed by atoms with van der Waals surface area (Å²) in [6.07, 6.45) is 0. The molecule has 35 heavy (non-hydrogen) atoms. The van der Waals surface area contributed by atoms with E-state index in [1.165, 1.54) is 0 Å². The van der Waals surface area contributed by atoms with Gasteiger partial charge in [-0.05, 0) is 55.0 Å². The van der Waals surface area contributed by atoms with Crippen molar-refractivity contribution in [3.63, 3.8) is 0 Å². The lowest BCUT2D eigenvalue weighted by molar-refractivity contribution is -0.114. The third kappa shape index (κ3) is 6.38. The number of carbonyl (C=O) groups is 2. The van der Waals surface area contributed by atoms with Gasteiger partial charge in [-0.3, -0.25) is 4.79 Å². The van der Waals surface area contributed by atoms with Gasteiger partial charge >= 0.3 is 6.03 Å². The van der Waals surface area contributed by atoms with E-state index in [0.29, 0.717) is 47.6 Å². The first kappa shape index (κ1) is 24.7. The highest BCUT2D eigenvalue weighted by molar-refractivity contribution is 6.34. The van der Waals surface area contributed by atoms with E-state index in [1.807, 2.05) is 61.5 Å². The van der Waals surface area contributed by atoms with Gasteiger partial charge in [0.05, 0.1) is 28.0 Å². The van der Waals surface area contributed by atoms with Crippen LogP contribution in [-0.2, 0) is 4.79 Å². The van der Waals surface area contributed by atoms with Gasteiger partial charge in [-0.1, -0.05) is 47.5 Å². The zero-order valence-corrected chi connectivity index (χ0v) is 20.9. The second-order valence-corrected chi connectivity index (χ2v) is 9.08. The van der Waals surface area contributed by atoms with Gasteiger partial charge in [0, 0.05) is 37.6 Å². The van der Waals surface area contributed by atoms with Gasteiger partial charge in [-0.2, -0.15) is 0 Å². The molecule has 3 N–H and O–H groups in total. The summed E-state index contributed by atoms with van der Waals surface area (Å²) in [7, 11) is 0. The highest BCUT2D eigenvalue weighted by atomic mass is 35.5. The number of piperazine rings is 1. The van der Waals surface area contributed by atoms with Gasteiger partial charge in [-0.15, -0.1) is 0 Å². The Morgan fingerprint density at radius 3 is 2.20 bits per heavy atom. The van der Waals surface area contributed by atoms with Crippen molar-refractivity contribution >= 4 is 57.9 Å². The number of nitrogens with zero attached hydrogens (tertiary/aromatic N) is 2. The van der Waals surface area contributed by atoms with Gasteiger partial charge in [0.1, 0.15) is 0 Å². The van der Waals surface area contributed by atoms with Crippen LogP contribution < -0.4 is 20.9 Å². The van der Waals surface area contributed by atoms with Crippen LogP contribution in [0.2, 0.25) is 10.0 Å². The van der Waals surface area contributed by atoms with Crippen LogP contribution in [0.15, 0.2) is 66.7 Å². The van der Waals surface area contributed by atoms with Crippen LogP contribution in [0.4, 0.5) is 27.5 Å². The molecule has 1 fully saturated rings. The average molecular weight is 512 g/mol. The SMILES string of the molecule is Cc1cccc(Cl)c1NC(=O)N1CCN(c2ccc(NC(=O)CNc3ccccc3Cl)cc2)CC1. The van der Waals surface area contributed by atoms with Crippen LogP contribution in [0.25, 0.3) is 0 Å². The van der Waals surface area contributed by atoms with E-state index >= 15 is 0 Å². The summed E-state index contributed by atoms with van der Waals surface area (Å²) >= 11 is 12.3. The zero-order chi connectivity index (χ0) is 24.8. The molecule has 7 nitrogen and oxygen atoms in total. The molecule has 3 amide bonds. The molecule has 3 aromatic rings. The maximum atomic E-state index is 12.7. The number of aryl methyl sites for hydroxylation is 1. The van der Waals surface area contributed by atoms with E-state index < -0.39 is 0 Å². The lowest BCUT2D eigenvalue weighted by Gasteiger charge is -2.36. The first-order valence-electron chi connectivity index (χ1n) is 11.3. The van der Waals surface area contributed by atoms with Crippen LogP contribution in [-0.4, -0.2) is 49.6 Å². The quantitative estimate of drug-likeness (QED) is 0.396. The van der Waals surface area contributed by atoms with E-state index in [1.54, 1.807) is 17.0 Å². The summed E-state index contributed by atoms with van der Waals surface area (Å²) in [5, 5.41) is 9.95. The number of hydrogen-bond acceptors (Lipinski definition) is 4. The molecule has 0 radical (unpaired) electrons. The fourth-order valence-corrected chi connectivity index (χ4v) is 4.36. The number of urea groups is 1. The molecular formula is C26H27Cl2N5O2. The number of carbonyl (C=O) groups excluding carboxylic acids is 2. The van der Waals surface area contributed by atoms with Crippen molar-refractivity contribution in [2.24, 2.45) is 0 Å². The van der Waals surface area contributed by atoms with Crippen LogP contribution in [0.5, 0.6) is 0 Å². The molecule has 1 aliphatic rings. The van der Waals surface area contributed by atoms with Gasteiger partial charge in [0.2, 0.25) is 5.91 Å². The molecule has 1 saturated heterocycles. The molecule has 0 spiro atoms. The third-order valence-electron chi connectivity index (χ3n) is 5.85. The van der Waals surface area contributed by atoms with Crippen LogP contribution in [0.3, 0.4) is 0 Å². The monoisotopic (exact) mass is 511 g/mol. The predicted octanol–water partition coefficient (Wildman–Crippen LogP) is 5.71. The minimum Gasteiger partial charge on any atom is -0.375 e. The number of amides is 3. The number of nitrogens with one attached hydrogen (secondary N) is 3. The Morgan fingerprint density at radius 2 is 1.51 bits per heavy atom. The molecule has 4 rings (SSSR count). The second kappa shape index (κ2) is 11.3. The van der Waals surface area contributed by atoms with Crippen molar-refractivity contribution in [1.82, 2.24) is 4.90 Å². The average Bonchev–Trinajstić information content (AvgIpc) is 2.86. The van der Waals surface area contributed by atoms with Crippen molar-refractivity contribution in [3.8, 4) is 0 Å². The molecule has 1 heterocycles. The normalized spacial score (nSPS) is 13.3. The first-order chi connectivity index (χ1) is 16.9. The maximum Gasteiger partial charge on any atom is 0.322 e.